The molecule has 0 radical (unpaired) electrons. The summed E-state index contributed by atoms with van der Waals surface area (Å²) in [7, 11) is 4.13. The summed E-state index contributed by atoms with van der Waals surface area (Å²) in [4.78, 5) is 6.18. The summed E-state index contributed by atoms with van der Waals surface area (Å²) in [5.74, 6) is 0. The smallest absolute Gasteiger partial charge is 0.0943 e. The number of imidazole rings is 1. The van der Waals surface area contributed by atoms with Gasteiger partial charge in [0.2, 0.25) is 0 Å². The molecule has 1 saturated heterocycles. The second-order valence-electron chi connectivity index (χ2n) is 3.59. The Morgan fingerprint density at radius 3 is 1.93 bits per heavy atom. The van der Waals surface area contributed by atoms with Crippen LogP contribution in [0.4, 0.5) is 0 Å². The Morgan fingerprint density at radius 1 is 1.07 bits per heavy atom. The number of aromatic nitrogens is 2. The summed E-state index contributed by atoms with van der Waals surface area (Å²) in [5, 5.41) is 0. The van der Waals surface area contributed by atoms with E-state index in [1.165, 1.54) is 32.4 Å². The number of aryl methyl sites for hydroxylation is 1. The molecule has 0 spiro atoms. The molecule has 0 aliphatic carbocycles. The number of nitrogens with zero attached hydrogens (tertiary/aromatic N) is 3. The quantitative estimate of drug-likeness (QED) is 0.635. The second-order valence-corrected chi connectivity index (χ2v) is 3.59. The first kappa shape index (κ1) is 13.2. The van der Waals surface area contributed by atoms with Gasteiger partial charge in [-0.05, 0) is 33.0 Å². The lowest BCUT2D eigenvalue weighted by Gasteiger charge is -2.20. The molecule has 0 amide bonds. The van der Waals surface area contributed by atoms with Gasteiger partial charge in [-0.1, -0.05) is 13.8 Å². The van der Waals surface area contributed by atoms with Crippen molar-refractivity contribution in [2.24, 2.45) is 7.05 Å². The molecule has 1 aliphatic rings. The first-order chi connectivity index (χ1) is 6.29. The lowest BCUT2D eigenvalue weighted by atomic mass is 10.1. The van der Waals surface area contributed by atoms with Crippen molar-refractivity contribution in [3.63, 3.8) is 0 Å². The average Bonchev–Trinajstić information content (AvgIpc) is 2.58. The van der Waals surface area contributed by atoms with Crippen molar-refractivity contribution < 1.29 is 0 Å². The summed E-state index contributed by atoms with van der Waals surface area (Å²) < 4.78 is 1.89. The van der Waals surface area contributed by atoms with E-state index in [0.717, 1.165) is 0 Å². The molecule has 1 aromatic rings. The Labute approximate surface area is 87.8 Å². The number of piperidine rings is 1. The molecule has 3 nitrogen and oxygen atoms in total. The minimum absolute atomic E-state index is 0. The van der Waals surface area contributed by atoms with Crippen LogP contribution in [0.5, 0.6) is 0 Å². The molecule has 2 rings (SSSR count). The third-order valence-electron chi connectivity index (χ3n) is 2.22. The highest BCUT2D eigenvalue weighted by atomic mass is 15.1. The lowest BCUT2D eigenvalue weighted by Crippen LogP contribution is -2.24. The molecule has 0 aromatic carbocycles. The number of hydrogen-bond donors (Lipinski definition) is 0. The van der Waals surface area contributed by atoms with Crippen molar-refractivity contribution in [3.05, 3.63) is 18.7 Å². The van der Waals surface area contributed by atoms with Gasteiger partial charge in [0.15, 0.2) is 0 Å². The van der Waals surface area contributed by atoms with Crippen molar-refractivity contribution >= 4 is 0 Å². The van der Waals surface area contributed by atoms with Gasteiger partial charge in [-0.25, -0.2) is 4.98 Å². The molecule has 1 aliphatic heterocycles. The molecule has 1 fully saturated rings. The Morgan fingerprint density at radius 2 is 1.71 bits per heavy atom. The van der Waals surface area contributed by atoms with Gasteiger partial charge in [0.25, 0.3) is 0 Å². The third kappa shape index (κ3) is 5.75. The monoisotopic (exact) mass is 197 g/mol. The first-order valence-electron chi connectivity index (χ1n) is 4.89. The number of rotatable bonds is 0. The van der Waals surface area contributed by atoms with E-state index >= 15 is 0 Å². The lowest BCUT2D eigenvalue weighted by molar-refractivity contribution is 0.277. The van der Waals surface area contributed by atoms with Crippen molar-refractivity contribution in [2.75, 3.05) is 20.1 Å². The van der Waals surface area contributed by atoms with Gasteiger partial charge < -0.3 is 9.47 Å². The summed E-state index contributed by atoms with van der Waals surface area (Å²) >= 11 is 0. The Hall–Kier alpha value is -0.830. The van der Waals surface area contributed by atoms with Gasteiger partial charge in [0, 0.05) is 19.4 Å². The van der Waals surface area contributed by atoms with Crippen LogP contribution in [0.3, 0.4) is 0 Å². The zero-order valence-corrected chi connectivity index (χ0v) is 8.61. The van der Waals surface area contributed by atoms with Crippen molar-refractivity contribution in [1.82, 2.24) is 14.5 Å². The standard InChI is InChI=1S/C6H13N.C4H6N2.CH4/c1-7-5-3-2-4-6-7;1-6-3-2-5-4-6;/h2-6H2,1H3;2-4H,1H3;1H4. The first-order valence-corrected chi connectivity index (χ1v) is 4.89. The molecule has 3 heteroatoms. The Kier molecular flexibility index (Phi) is 7.11. The van der Waals surface area contributed by atoms with E-state index in [9.17, 15) is 0 Å². The zero-order chi connectivity index (χ0) is 9.52. The van der Waals surface area contributed by atoms with Crippen LogP contribution < -0.4 is 0 Å². The minimum atomic E-state index is 0. The predicted molar refractivity (Wildman–Crippen MR) is 61.3 cm³/mol. The highest BCUT2D eigenvalue weighted by molar-refractivity contribution is 4.70. The van der Waals surface area contributed by atoms with E-state index in [0.29, 0.717) is 0 Å². The van der Waals surface area contributed by atoms with E-state index < -0.39 is 0 Å². The fourth-order valence-corrected chi connectivity index (χ4v) is 1.38. The maximum atomic E-state index is 3.78. The average molecular weight is 197 g/mol. The SMILES string of the molecule is C.CN1CCCCC1.Cn1ccnc1. The molecule has 82 valence electrons. The van der Waals surface area contributed by atoms with Gasteiger partial charge in [0.05, 0.1) is 6.33 Å². The van der Waals surface area contributed by atoms with Crippen LogP contribution in [-0.4, -0.2) is 34.6 Å². The fourth-order valence-electron chi connectivity index (χ4n) is 1.38. The van der Waals surface area contributed by atoms with Crippen molar-refractivity contribution in [2.45, 2.75) is 26.7 Å². The molecular formula is C11H23N3. The molecule has 2 heterocycles. The van der Waals surface area contributed by atoms with Gasteiger partial charge in [-0.2, -0.15) is 0 Å². The van der Waals surface area contributed by atoms with E-state index in [1.807, 2.05) is 17.8 Å². The minimum Gasteiger partial charge on any atom is -0.341 e. The summed E-state index contributed by atoms with van der Waals surface area (Å²) in [6, 6.07) is 0. The van der Waals surface area contributed by atoms with Crippen LogP contribution in [0.1, 0.15) is 26.7 Å². The molecular weight excluding hydrogens is 174 g/mol. The largest absolute Gasteiger partial charge is 0.341 e. The van der Waals surface area contributed by atoms with E-state index in [-0.39, 0.29) is 7.43 Å². The van der Waals surface area contributed by atoms with Gasteiger partial charge >= 0.3 is 0 Å². The molecule has 1 aromatic heterocycles. The van der Waals surface area contributed by atoms with E-state index in [4.69, 9.17) is 0 Å². The topological polar surface area (TPSA) is 21.1 Å². The van der Waals surface area contributed by atoms with Crippen molar-refractivity contribution in [1.29, 1.82) is 0 Å². The van der Waals surface area contributed by atoms with Crippen LogP contribution in [0.25, 0.3) is 0 Å². The van der Waals surface area contributed by atoms with Crippen LogP contribution >= 0.6 is 0 Å². The maximum Gasteiger partial charge on any atom is 0.0943 e. The number of likely N-dealkylation sites (tertiary alicyclic amines) is 1. The summed E-state index contributed by atoms with van der Waals surface area (Å²) in [6.45, 7) is 2.64. The summed E-state index contributed by atoms with van der Waals surface area (Å²) in [5.41, 5.74) is 0. The Balaban J connectivity index is 0.000000227. The highest BCUT2D eigenvalue weighted by Crippen LogP contribution is 2.04. The number of hydrogen-bond acceptors (Lipinski definition) is 2. The van der Waals surface area contributed by atoms with Gasteiger partial charge in [-0.3, -0.25) is 0 Å². The molecule has 0 unspecified atom stereocenters. The van der Waals surface area contributed by atoms with Crippen molar-refractivity contribution in [3.8, 4) is 0 Å². The Bertz CT molecular complexity index is 200. The van der Waals surface area contributed by atoms with Gasteiger partial charge in [-0.15, -0.1) is 0 Å². The van der Waals surface area contributed by atoms with Crippen LogP contribution in [0.15, 0.2) is 18.7 Å². The normalized spacial score (nSPS) is 16.4. The highest BCUT2D eigenvalue weighted by Gasteiger charge is 2.02. The molecule has 14 heavy (non-hydrogen) atoms. The predicted octanol–water partition coefficient (Wildman–Crippen LogP) is 2.16. The van der Waals surface area contributed by atoms with E-state index in [1.54, 1.807) is 12.5 Å². The molecule has 0 atom stereocenters. The second kappa shape index (κ2) is 7.56. The fraction of sp³-hybridized carbons (Fsp3) is 0.727. The molecule has 0 bridgehead atoms. The molecule has 0 saturated carbocycles. The third-order valence-corrected chi connectivity index (χ3v) is 2.22. The van der Waals surface area contributed by atoms with E-state index in [2.05, 4.69) is 16.9 Å². The summed E-state index contributed by atoms with van der Waals surface area (Å²) in [6.07, 6.45) is 9.66. The zero-order valence-electron chi connectivity index (χ0n) is 8.61. The van der Waals surface area contributed by atoms with Crippen LogP contribution in [0, 0.1) is 0 Å². The molecule has 0 N–H and O–H groups in total. The van der Waals surface area contributed by atoms with Crippen LogP contribution in [-0.2, 0) is 7.05 Å². The van der Waals surface area contributed by atoms with Crippen LogP contribution in [0.2, 0.25) is 0 Å². The maximum absolute atomic E-state index is 3.78. The van der Waals surface area contributed by atoms with Gasteiger partial charge in [0.1, 0.15) is 0 Å².